The lowest BCUT2D eigenvalue weighted by Crippen LogP contribution is -2.35. The van der Waals surface area contributed by atoms with E-state index in [2.05, 4.69) is 4.98 Å². The van der Waals surface area contributed by atoms with Crippen molar-refractivity contribution in [3.63, 3.8) is 0 Å². The minimum Gasteiger partial charge on any atom is -0.395 e. The van der Waals surface area contributed by atoms with Crippen molar-refractivity contribution in [2.24, 2.45) is 0 Å². The number of H-pyrrole nitrogens is 1. The summed E-state index contributed by atoms with van der Waals surface area (Å²) in [5.74, 6) is 0.0700. The summed E-state index contributed by atoms with van der Waals surface area (Å²) in [6, 6.07) is 7.97. The van der Waals surface area contributed by atoms with Crippen LogP contribution in [0.4, 0.5) is 0 Å². The van der Waals surface area contributed by atoms with E-state index in [0.717, 1.165) is 22.9 Å². The normalized spacial score (nSPS) is 10.8. The van der Waals surface area contributed by atoms with Crippen LogP contribution >= 0.6 is 0 Å². The van der Waals surface area contributed by atoms with Crippen LogP contribution in [0, 0.1) is 0 Å². The summed E-state index contributed by atoms with van der Waals surface area (Å²) >= 11 is 0. The number of nitrogens with zero attached hydrogens (tertiary/aromatic N) is 1. The number of nitrogens with one attached hydrogen (secondary N) is 1. The van der Waals surface area contributed by atoms with E-state index >= 15 is 0 Å². The lowest BCUT2D eigenvalue weighted by Gasteiger charge is -2.20. The molecular weight excluding hydrogens is 240 g/mol. The predicted molar refractivity (Wildman–Crippen MR) is 76.0 cm³/mol. The van der Waals surface area contributed by atoms with Gasteiger partial charge >= 0.3 is 0 Å². The fraction of sp³-hybridized carbons (Fsp3) is 0.400. The Kier molecular flexibility index (Phi) is 4.58. The van der Waals surface area contributed by atoms with E-state index in [1.54, 1.807) is 4.90 Å². The molecule has 0 aliphatic heterocycles. The fourth-order valence-corrected chi connectivity index (χ4v) is 2.30. The number of carbonyl (C=O) groups excluding carboxylic acids is 1. The first-order valence-corrected chi connectivity index (χ1v) is 6.70. The lowest BCUT2D eigenvalue weighted by molar-refractivity contribution is -0.131. The molecule has 0 atom stereocenters. The maximum absolute atomic E-state index is 12.2. The Morgan fingerprint density at radius 2 is 2.11 bits per heavy atom. The van der Waals surface area contributed by atoms with Gasteiger partial charge < -0.3 is 15.0 Å². The van der Waals surface area contributed by atoms with Crippen molar-refractivity contribution in [1.82, 2.24) is 9.88 Å². The highest BCUT2D eigenvalue weighted by atomic mass is 16.3. The van der Waals surface area contributed by atoms with Crippen LogP contribution in [0.5, 0.6) is 0 Å². The molecule has 2 N–H and O–H groups in total. The van der Waals surface area contributed by atoms with Gasteiger partial charge in [-0.1, -0.05) is 25.1 Å². The quantitative estimate of drug-likeness (QED) is 0.834. The topological polar surface area (TPSA) is 56.3 Å². The maximum Gasteiger partial charge on any atom is 0.227 e. The molecule has 4 nitrogen and oxygen atoms in total. The first-order valence-electron chi connectivity index (χ1n) is 6.70. The number of benzene rings is 1. The van der Waals surface area contributed by atoms with Gasteiger partial charge in [0.2, 0.25) is 5.91 Å². The number of aliphatic hydroxyl groups is 1. The number of aliphatic hydroxyl groups excluding tert-OH is 1. The number of hydrogen-bond donors (Lipinski definition) is 2. The molecule has 2 rings (SSSR count). The summed E-state index contributed by atoms with van der Waals surface area (Å²) in [7, 11) is 0. The third kappa shape index (κ3) is 3.15. The van der Waals surface area contributed by atoms with Crippen LogP contribution in [0.25, 0.3) is 10.9 Å². The molecule has 4 heteroatoms. The second kappa shape index (κ2) is 6.38. The zero-order valence-corrected chi connectivity index (χ0v) is 11.2. The number of aromatic nitrogens is 1. The van der Waals surface area contributed by atoms with E-state index in [4.69, 9.17) is 5.11 Å². The van der Waals surface area contributed by atoms with Crippen LogP contribution in [-0.2, 0) is 11.2 Å². The summed E-state index contributed by atoms with van der Waals surface area (Å²) in [6.45, 7) is 3.15. The Labute approximate surface area is 113 Å². The van der Waals surface area contributed by atoms with Crippen molar-refractivity contribution in [3.8, 4) is 0 Å². The predicted octanol–water partition coefficient (Wildman–Crippen LogP) is 1.94. The van der Waals surface area contributed by atoms with E-state index in [9.17, 15) is 4.79 Å². The Hall–Kier alpha value is -1.81. The molecule has 0 bridgehead atoms. The number of fused-ring (bicyclic) bond motifs is 1. The van der Waals surface area contributed by atoms with E-state index in [1.807, 2.05) is 37.4 Å². The van der Waals surface area contributed by atoms with Crippen molar-refractivity contribution in [2.75, 3.05) is 19.7 Å². The van der Waals surface area contributed by atoms with Crippen LogP contribution in [0.15, 0.2) is 30.5 Å². The van der Waals surface area contributed by atoms with Crippen LogP contribution in [0.2, 0.25) is 0 Å². The monoisotopic (exact) mass is 260 g/mol. The molecule has 102 valence electrons. The molecule has 1 aromatic carbocycles. The number of aromatic amines is 1. The van der Waals surface area contributed by atoms with Crippen LogP contribution in [0.3, 0.4) is 0 Å². The van der Waals surface area contributed by atoms with Crippen molar-refractivity contribution in [2.45, 2.75) is 19.8 Å². The van der Waals surface area contributed by atoms with E-state index in [-0.39, 0.29) is 12.5 Å². The van der Waals surface area contributed by atoms with Gasteiger partial charge in [-0.15, -0.1) is 0 Å². The van der Waals surface area contributed by atoms with Gasteiger partial charge in [0.25, 0.3) is 0 Å². The van der Waals surface area contributed by atoms with Crippen molar-refractivity contribution >= 4 is 16.8 Å². The van der Waals surface area contributed by atoms with Crippen LogP contribution in [0.1, 0.15) is 18.9 Å². The molecule has 0 saturated heterocycles. The number of rotatable bonds is 6. The van der Waals surface area contributed by atoms with E-state index < -0.39 is 0 Å². The molecule has 0 fully saturated rings. The number of amides is 1. The van der Waals surface area contributed by atoms with Gasteiger partial charge in [-0.25, -0.2) is 0 Å². The van der Waals surface area contributed by atoms with Gasteiger partial charge in [0.1, 0.15) is 0 Å². The van der Waals surface area contributed by atoms with Gasteiger partial charge in [-0.2, -0.15) is 0 Å². The van der Waals surface area contributed by atoms with Gasteiger partial charge in [0.15, 0.2) is 0 Å². The molecule has 0 radical (unpaired) electrons. The molecule has 1 heterocycles. The summed E-state index contributed by atoms with van der Waals surface area (Å²) in [5, 5.41) is 10.1. The lowest BCUT2D eigenvalue weighted by atomic mass is 10.1. The van der Waals surface area contributed by atoms with Crippen LogP contribution < -0.4 is 0 Å². The minimum absolute atomic E-state index is 0.0135. The Balaban J connectivity index is 2.13. The smallest absolute Gasteiger partial charge is 0.227 e. The highest BCUT2D eigenvalue weighted by Crippen LogP contribution is 2.18. The van der Waals surface area contributed by atoms with E-state index in [0.29, 0.717) is 19.5 Å². The molecule has 19 heavy (non-hydrogen) atoms. The second-order valence-electron chi connectivity index (χ2n) is 4.64. The summed E-state index contributed by atoms with van der Waals surface area (Å²) < 4.78 is 0. The number of para-hydroxylation sites is 1. The van der Waals surface area contributed by atoms with Gasteiger partial charge in [0.05, 0.1) is 13.0 Å². The molecular formula is C15H20N2O2. The summed E-state index contributed by atoms with van der Waals surface area (Å²) in [5.41, 5.74) is 2.06. The zero-order valence-electron chi connectivity index (χ0n) is 11.2. The van der Waals surface area contributed by atoms with Gasteiger partial charge in [-0.05, 0) is 18.1 Å². The molecule has 1 amide bonds. The second-order valence-corrected chi connectivity index (χ2v) is 4.64. The average Bonchev–Trinajstić information content (AvgIpc) is 2.82. The molecule has 0 aliphatic rings. The number of hydrogen-bond acceptors (Lipinski definition) is 2. The molecule has 0 aliphatic carbocycles. The molecule has 0 unspecified atom stereocenters. The number of carbonyl (C=O) groups is 1. The Bertz CT molecular complexity index is 542. The van der Waals surface area contributed by atoms with Crippen molar-refractivity contribution in [1.29, 1.82) is 0 Å². The highest BCUT2D eigenvalue weighted by Gasteiger charge is 2.14. The SMILES string of the molecule is CCCN(CCO)C(=O)Cc1c[nH]c2ccccc12. The molecule has 0 saturated carbocycles. The first kappa shape index (κ1) is 13.6. The Morgan fingerprint density at radius 3 is 2.84 bits per heavy atom. The maximum atomic E-state index is 12.2. The summed E-state index contributed by atoms with van der Waals surface area (Å²) in [6.07, 6.45) is 3.18. The third-order valence-corrected chi connectivity index (χ3v) is 3.23. The zero-order chi connectivity index (χ0) is 13.7. The molecule has 0 spiro atoms. The minimum atomic E-state index is 0.0135. The van der Waals surface area contributed by atoms with Crippen molar-refractivity contribution < 1.29 is 9.90 Å². The standard InChI is InChI=1S/C15H20N2O2/c1-2-7-17(8-9-18)15(19)10-12-11-16-14-6-4-3-5-13(12)14/h3-6,11,16,18H,2,7-10H2,1H3. The first-order chi connectivity index (χ1) is 9.26. The van der Waals surface area contributed by atoms with E-state index in [1.165, 1.54) is 0 Å². The molecule has 2 aromatic rings. The average molecular weight is 260 g/mol. The van der Waals surface area contributed by atoms with Gasteiger partial charge in [-0.3, -0.25) is 4.79 Å². The van der Waals surface area contributed by atoms with Crippen molar-refractivity contribution in [3.05, 3.63) is 36.0 Å². The Morgan fingerprint density at radius 1 is 1.32 bits per heavy atom. The molecule has 1 aromatic heterocycles. The highest BCUT2D eigenvalue weighted by molar-refractivity contribution is 5.88. The fourth-order valence-electron chi connectivity index (χ4n) is 2.30. The largest absolute Gasteiger partial charge is 0.395 e. The summed E-state index contributed by atoms with van der Waals surface area (Å²) in [4.78, 5) is 17.1. The van der Waals surface area contributed by atoms with Crippen LogP contribution in [-0.4, -0.2) is 40.6 Å². The third-order valence-electron chi connectivity index (χ3n) is 3.23. The van der Waals surface area contributed by atoms with Gasteiger partial charge in [0, 0.05) is 30.2 Å².